The van der Waals surface area contributed by atoms with Crippen LogP contribution in [0.1, 0.15) is 44.9 Å². The summed E-state index contributed by atoms with van der Waals surface area (Å²) < 4.78 is 24.5. The molecule has 0 amide bonds. The van der Waals surface area contributed by atoms with E-state index in [0.29, 0.717) is 19.1 Å². The quantitative estimate of drug-likeness (QED) is 0.801. The molecule has 1 saturated heterocycles. The molecule has 0 aromatic carbocycles. The average molecular weight is 299 g/mol. The van der Waals surface area contributed by atoms with Crippen LogP contribution in [-0.2, 0) is 10.0 Å². The molecule has 0 spiro atoms. The van der Waals surface area contributed by atoms with Gasteiger partial charge < -0.3 is 5.32 Å². The van der Waals surface area contributed by atoms with E-state index < -0.39 is 10.0 Å². The minimum atomic E-state index is -3.05. The van der Waals surface area contributed by atoms with Crippen LogP contribution < -0.4 is 5.32 Å². The molecule has 0 bridgehead atoms. The predicted molar refractivity (Wildman–Crippen MR) is 78.6 cm³/mol. The lowest BCUT2D eigenvalue weighted by molar-refractivity contribution is 0.254. The third-order valence-electron chi connectivity index (χ3n) is 4.55. The minimum Gasteiger partial charge on any atom is -0.310 e. The van der Waals surface area contributed by atoms with E-state index in [4.69, 9.17) is 0 Å². The molecule has 1 N–H and O–H groups in total. The van der Waals surface area contributed by atoms with Gasteiger partial charge in [0.15, 0.2) is 0 Å². The van der Waals surface area contributed by atoms with Crippen molar-refractivity contribution in [2.75, 3.05) is 19.3 Å². The maximum Gasteiger partial charge on any atom is 0.211 e. The summed E-state index contributed by atoms with van der Waals surface area (Å²) in [6, 6.07) is 3.09. The standard InChI is InChI=1S/C14H25N3O2S/c1-20(18,19)17-9-7-13(8-10-17)16-14-6-4-2-3-5-12(14)11-15/h12-14,16H,2-10H2,1H3. The summed E-state index contributed by atoms with van der Waals surface area (Å²) in [6.07, 6.45) is 8.62. The Morgan fingerprint density at radius 2 is 1.75 bits per heavy atom. The predicted octanol–water partition coefficient (Wildman–Crippen LogP) is 1.47. The van der Waals surface area contributed by atoms with Crippen molar-refractivity contribution < 1.29 is 8.42 Å². The van der Waals surface area contributed by atoms with E-state index >= 15 is 0 Å². The number of rotatable bonds is 3. The topological polar surface area (TPSA) is 73.2 Å². The van der Waals surface area contributed by atoms with E-state index in [1.165, 1.54) is 19.1 Å². The lowest BCUT2D eigenvalue weighted by Crippen LogP contribution is -2.49. The van der Waals surface area contributed by atoms with E-state index in [-0.39, 0.29) is 12.0 Å². The number of nitrogens with zero attached hydrogens (tertiary/aromatic N) is 2. The molecule has 20 heavy (non-hydrogen) atoms. The van der Waals surface area contributed by atoms with Crippen LogP contribution in [0.15, 0.2) is 0 Å². The van der Waals surface area contributed by atoms with Crippen molar-refractivity contribution in [3.63, 3.8) is 0 Å². The zero-order valence-corrected chi connectivity index (χ0v) is 13.0. The van der Waals surface area contributed by atoms with E-state index in [1.54, 1.807) is 4.31 Å². The van der Waals surface area contributed by atoms with Crippen LogP contribution in [0.25, 0.3) is 0 Å². The fraction of sp³-hybridized carbons (Fsp3) is 0.929. The van der Waals surface area contributed by atoms with Gasteiger partial charge in [0.05, 0.1) is 18.2 Å². The minimum absolute atomic E-state index is 0.116. The van der Waals surface area contributed by atoms with Gasteiger partial charge in [0.1, 0.15) is 0 Å². The number of nitriles is 1. The van der Waals surface area contributed by atoms with Crippen molar-refractivity contribution in [3.8, 4) is 6.07 Å². The number of hydrogen-bond donors (Lipinski definition) is 1. The molecule has 0 radical (unpaired) electrons. The molecule has 2 aliphatic rings. The molecule has 1 aliphatic carbocycles. The summed E-state index contributed by atoms with van der Waals surface area (Å²) in [4.78, 5) is 0. The Bertz CT molecular complexity index is 450. The molecule has 114 valence electrons. The van der Waals surface area contributed by atoms with Crippen LogP contribution >= 0.6 is 0 Å². The molecule has 2 rings (SSSR count). The smallest absolute Gasteiger partial charge is 0.211 e. The molecule has 0 aromatic rings. The first-order valence-electron chi connectivity index (χ1n) is 7.61. The summed E-state index contributed by atoms with van der Waals surface area (Å²) in [5, 5.41) is 12.9. The number of nitrogens with one attached hydrogen (secondary N) is 1. The van der Waals surface area contributed by atoms with Gasteiger partial charge in [-0.1, -0.05) is 19.3 Å². The fourth-order valence-corrected chi connectivity index (χ4v) is 4.19. The molecule has 0 aromatic heterocycles. The van der Waals surface area contributed by atoms with Gasteiger partial charge in [-0.05, 0) is 25.7 Å². The lowest BCUT2D eigenvalue weighted by Gasteiger charge is -2.34. The van der Waals surface area contributed by atoms with E-state index in [0.717, 1.165) is 32.1 Å². The first kappa shape index (κ1) is 15.7. The molecule has 2 atom stereocenters. The summed E-state index contributed by atoms with van der Waals surface area (Å²) in [7, 11) is -3.05. The first-order chi connectivity index (χ1) is 9.50. The molecule has 5 nitrogen and oxygen atoms in total. The van der Waals surface area contributed by atoms with Gasteiger partial charge in [-0.25, -0.2) is 12.7 Å². The third kappa shape index (κ3) is 4.18. The number of sulfonamides is 1. The van der Waals surface area contributed by atoms with Crippen molar-refractivity contribution in [2.24, 2.45) is 5.92 Å². The van der Waals surface area contributed by atoms with Crippen LogP contribution in [0.2, 0.25) is 0 Å². The first-order valence-corrected chi connectivity index (χ1v) is 9.46. The van der Waals surface area contributed by atoms with Crippen LogP contribution in [0.4, 0.5) is 0 Å². The van der Waals surface area contributed by atoms with Gasteiger partial charge in [0, 0.05) is 25.2 Å². The Kier molecular flexibility index (Phi) is 5.42. The third-order valence-corrected chi connectivity index (χ3v) is 5.86. The van der Waals surface area contributed by atoms with Crippen LogP contribution in [0.5, 0.6) is 0 Å². The van der Waals surface area contributed by atoms with Crippen LogP contribution in [0.3, 0.4) is 0 Å². The largest absolute Gasteiger partial charge is 0.310 e. The lowest BCUT2D eigenvalue weighted by atomic mass is 9.94. The van der Waals surface area contributed by atoms with Gasteiger partial charge in [0.2, 0.25) is 10.0 Å². The maximum atomic E-state index is 11.5. The monoisotopic (exact) mass is 299 g/mol. The highest BCUT2D eigenvalue weighted by atomic mass is 32.2. The Morgan fingerprint density at radius 1 is 1.10 bits per heavy atom. The summed E-state index contributed by atoms with van der Waals surface area (Å²) in [6.45, 7) is 1.20. The van der Waals surface area contributed by atoms with Crippen molar-refractivity contribution in [1.82, 2.24) is 9.62 Å². The van der Waals surface area contributed by atoms with Crippen LogP contribution in [-0.4, -0.2) is 44.2 Å². The Morgan fingerprint density at radius 3 is 2.35 bits per heavy atom. The normalized spacial score (nSPS) is 30.6. The molecular weight excluding hydrogens is 274 g/mol. The molecule has 1 aliphatic heterocycles. The summed E-state index contributed by atoms with van der Waals surface area (Å²) >= 11 is 0. The van der Waals surface area contributed by atoms with Crippen molar-refractivity contribution >= 4 is 10.0 Å². The molecule has 6 heteroatoms. The molecule has 1 heterocycles. The van der Waals surface area contributed by atoms with Gasteiger partial charge in [-0.3, -0.25) is 0 Å². The molecule has 2 fully saturated rings. The Hall–Kier alpha value is -0.640. The highest BCUT2D eigenvalue weighted by Crippen LogP contribution is 2.24. The zero-order chi connectivity index (χ0) is 14.6. The van der Waals surface area contributed by atoms with E-state index in [2.05, 4.69) is 11.4 Å². The van der Waals surface area contributed by atoms with Gasteiger partial charge in [-0.2, -0.15) is 5.26 Å². The molecular formula is C14H25N3O2S. The highest BCUT2D eigenvalue weighted by Gasteiger charge is 2.29. The SMILES string of the molecule is CS(=O)(=O)N1CCC(NC2CCCCCC2C#N)CC1. The summed E-state index contributed by atoms with van der Waals surface area (Å²) in [5.41, 5.74) is 0. The molecule has 1 saturated carbocycles. The van der Waals surface area contributed by atoms with Gasteiger partial charge in [-0.15, -0.1) is 0 Å². The fourth-order valence-electron chi connectivity index (χ4n) is 3.32. The Balaban J connectivity index is 1.86. The van der Waals surface area contributed by atoms with Crippen molar-refractivity contribution in [1.29, 1.82) is 5.26 Å². The van der Waals surface area contributed by atoms with Crippen molar-refractivity contribution in [3.05, 3.63) is 0 Å². The van der Waals surface area contributed by atoms with E-state index in [1.807, 2.05) is 0 Å². The Labute approximate surface area is 122 Å². The van der Waals surface area contributed by atoms with E-state index in [9.17, 15) is 13.7 Å². The molecule has 2 unspecified atom stereocenters. The second kappa shape index (κ2) is 6.88. The number of hydrogen-bond acceptors (Lipinski definition) is 4. The van der Waals surface area contributed by atoms with Crippen LogP contribution in [0, 0.1) is 17.2 Å². The second-order valence-corrected chi connectivity index (χ2v) is 8.07. The zero-order valence-electron chi connectivity index (χ0n) is 12.2. The van der Waals surface area contributed by atoms with Crippen molar-refractivity contribution in [2.45, 2.75) is 57.0 Å². The number of piperidine rings is 1. The second-order valence-electron chi connectivity index (χ2n) is 6.08. The average Bonchev–Trinajstić information content (AvgIpc) is 2.63. The van der Waals surface area contributed by atoms with Gasteiger partial charge in [0.25, 0.3) is 0 Å². The van der Waals surface area contributed by atoms with Gasteiger partial charge >= 0.3 is 0 Å². The maximum absolute atomic E-state index is 11.5. The highest BCUT2D eigenvalue weighted by molar-refractivity contribution is 7.88. The summed E-state index contributed by atoms with van der Waals surface area (Å²) in [5.74, 6) is 0.116.